The Morgan fingerprint density at radius 3 is 2.89 bits per heavy atom. The highest BCUT2D eigenvalue weighted by Gasteiger charge is 2.36. The molecule has 0 fully saturated rings. The van der Waals surface area contributed by atoms with Gasteiger partial charge in [-0.1, -0.05) is 24.0 Å². The predicted octanol–water partition coefficient (Wildman–Crippen LogP) is 4.21. The zero-order valence-corrected chi connectivity index (χ0v) is 20.0. The van der Waals surface area contributed by atoms with E-state index in [1.54, 1.807) is 7.11 Å². The Balaban J connectivity index is 2.42. The SMILES string of the molecule is COCC#CC(C)(NC(C)=O)C(Oc1nc2c(Br)cccc2cc1I)SC. The summed E-state index contributed by atoms with van der Waals surface area (Å²) in [7, 11) is 1.58. The molecule has 2 rings (SSSR count). The largest absolute Gasteiger partial charge is 0.459 e. The van der Waals surface area contributed by atoms with E-state index in [1.165, 1.54) is 18.7 Å². The minimum atomic E-state index is -0.905. The van der Waals surface area contributed by atoms with Gasteiger partial charge in [0.25, 0.3) is 0 Å². The summed E-state index contributed by atoms with van der Waals surface area (Å²) in [5, 5.41) is 3.92. The summed E-state index contributed by atoms with van der Waals surface area (Å²) in [5.41, 5.74) is -0.552. The number of pyridine rings is 1. The summed E-state index contributed by atoms with van der Waals surface area (Å²) in [6, 6.07) is 7.93. The van der Waals surface area contributed by atoms with Crippen LogP contribution in [0.4, 0.5) is 0 Å². The average Bonchev–Trinajstić information content (AvgIpc) is 2.60. The second-order valence-corrected chi connectivity index (χ2v) is 8.81. The van der Waals surface area contributed by atoms with Crippen LogP contribution in [0, 0.1) is 15.4 Å². The number of carbonyl (C=O) groups excluding carboxylic acids is 1. The Hall–Kier alpha value is -1.02. The summed E-state index contributed by atoms with van der Waals surface area (Å²) >= 11 is 7.19. The first-order chi connectivity index (χ1) is 12.8. The van der Waals surface area contributed by atoms with Crippen molar-refractivity contribution in [3.05, 3.63) is 32.3 Å². The number of halogens is 2. The highest BCUT2D eigenvalue weighted by atomic mass is 127. The fraction of sp³-hybridized carbons (Fsp3) is 0.368. The van der Waals surface area contributed by atoms with Crippen molar-refractivity contribution in [2.75, 3.05) is 20.0 Å². The van der Waals surface area contributed by atoms with Crippen molar-refractivity contribution < 1.29 is 14.3 Å². The minimum Gasteiger partial charge on any atom is -0.459 e. The van der Waals surface area contributed by atoms with E-state index in [9.17, 15) is 4.79 Å². The lowest BCUT2D eigenvalue weighted by molar-refractivity contribution is -0.120. The maximum atomic E-state index is 11.8. The first-order valence-corrected chi connectivity index (χ1v) is 11.2. The molecule has 0 aliphatic carbocycles. The number of thioether (sulfide) groups is 1. The molecule has 1 N–H and O–H groups in total. The second kappa shape index (κ2) is 9.96. The third kappa shape index (κ3) is 5.73. The van der Waals surface area contributed by atoms with Gasteiger partial charge < -0.3 is 14.8 Å². The van der Waals surface area contributed by atoms with Crippen LogP contribution in [-0.2, 0) is 9.53 Å². The van der Waals surface area contributed by atoms with Gasteiger partial charge in [-0.15, -0.1) is 11.8 Å². The number of hydrogen-bond donors (Lipinski definition) is 1. The van der Waals surface area contributed by atoms with E-state index in [-0.39, 0.29) is 12.5 Å². The molecular formula is C19H20BrIN2O3S. The van der Waals surface area contributed by atoms with Crippen LogP contribution in [0.2, 0.25) is 0 Å². The van der Waals surface area contributed by atoms with Crippen LogP contribution in [0.5, 0.6) is 5.88 Å². The van der Waals surface area contributed by atoms with Crippen LogP contribution in [-0.4, -0.2) is 41.8 Å². The number of rotatable bonds is 6. The molecule has 1 aromatic heterocycles. The minimum absolute atomic E-state index is 0.184. The molecule has 2 aromatic rings. The number of nitrogens with one attached hydrogen (secondary N) is 1. The lowest BCUT2D eigenvalue weighted by Crippen LogP contribution is -2.54. The average molecular weight is 563 g/mol. The fourth-order valence-electron chi connectivity index (χ4n) is 2.51. The second-order valence-electron chi connectivity index (χ2n) is 5.89. The van der Waals surface area contributed by atoms with Gasteiger partial charge in [0.15, 0.2) is 5.44 Å². The lowest BCUT2D eigenvalue weighted by Gasteiger charge is -2.32. The Kier molecular flexibility index (Phi) is 8.21. The molecule has 144 valence electrons. The van der Waals surface area contributed by atoms with E-state index in [0.717, 1.165) is 18.9 Å². The number of ether oxygens (including phenoxy) is 2. The van der Waals surface area contributed by atoms with Crippen molar-refractivity contribution >= 4 is 67.1 Å². The maximum absolute atomic E-state index is 11.8. The number of hydrogen-bond acceptors (Lipinski definition) is 5. The van der Waals surface area contributed by atoms with Gasteiger partial charge in [-0.2, -0.15) is 0 Å². The standard InChI is InChI=1S/C19H20BrIN2O3S/c1-12(24)23-19(2,9-6-10-25-3)18(27-4)26-17-15(21)11-13-7-5-8-14(20)16(13)22-17/h5,7-8,11,18H,10H2,1-4H3,(H,23,24). The van der Waals surface area contributed by atoms with Crippen LogP contribution < -0.4 is 10.1 Å². The van der Waals surface area contributed by atoms with E-state index in [2.05, 4.69) is 60.7 Å². The number of para-hydroxylation sites is 1. The summed E-state index contributed by atoms with van der Waals surface area (Å²) in [5.74, 6) is 6.32. The molecule has 0 saturated heterocycles. The zero-order chi connectivity index (χ0) is 20.0. The van der Waals surface area contributed by atoms with Crippen LogP contribution >= 0.6 is 50.3 Å². The summed E-state index contributed by atoms with van der Waals surface area (Å²) in [4.78, 5) is 16.4. The van der Waals surface area contributed by atoms with Gasteiger partial charge in [-0.3, -0.25) is 4.79 Å². The fourth-order valence-corrected chi connectivity index (χ4v) is 4.34. The molecule has 0 aliphatic heterocycles. The van der Waals surface area contributed by atoms with Gasteiger partial charge in [0.05, 0.1) is 9.09 Å². The van der Waals surface area contributed by atoms with Crippen molar-refractivity contribution in [2.45, 2.75) is 24.8 Å². The highest BCUT2D eigenvalue weighted by Crippen LogP contribution is 2.32. The molecule has 27 heavy (non-hydrogen) atoms. The molecule has 5 nitrogen and oxygen atoms in total. The normalized spacial score (nSPS) is 14.0. The third-order valence-corrected chi connectivity index (χ3v) is 6.03. The molecular weight excluding hydrogens is 543 g/mol. The molecule has 0 radical (unpaired) electrons. The van der Waals surface area contributed by atoms with Gasteiger partial charge in [-0.05, 0) is 63.8 Å². The van der Waals surface area contributed by atoms with Gasteiger partial charge in [-0.25, -0.2) is 4.98 Å². The Morgan fingerprint density at radius 1 is 1.52 bits per heavy atom. The van der Waals surface area contributed by atoms with Gasteiger partial charge in [0.2, 0.25) is 11.8 Å². The van der Waals surface area contributed by atoms with Crippen LogP contribution in [0.25, 0.3) is 10.9 Å². The first-order valence-electron chi connectivity index (χ1n) is 8.02. The molecule has 2 atom stereocenters. The number of aromatic nitrogens is 1. The highest BCUT2D eigenvalue weighted by molar-refractivity contribution is 14.1. The Morgan fingerprint density at radius 2 is 2.26 bits per heavy atom. The summed E-state index contributed by atoms with van der Waals surface area (Å²) in [6.45, 7) is 3.57. The third-order valence-electron chi connectivity index (χ3n) is 3.62. The van der Waals surface area contributed by atoms with E-state index in [4.69, 9.17) is 9.47 Å². The molecule has 1 amide bonds. The molecule has 1 aromatic carbocycles. The van der Waals surface area contributed by atoms with E-state index < -0.39 is 11.0 Å². The van der Waals surface area contributed by atoms with Gasteiger partial charge in [0, 0.05) is 23.9 Å². The van der Waals surface area contributed by atoms with Crippen molar-refractivity contribution in [2.24, 2.45) is 0 Å². The molecule has 0 aliphatic rings. The van der Waals surface area contributed by atoms with Crippen LogP contribution in [0.3, 0.4) is 0 Å². The van der Waals surface area contributed by atoms with E-state index in [1.807, 2.05) is 37.4 Å². The molecule has 8 heteroatoms. The molecule has 0 saturated carbocycles. The number of carbonyl (C=O) groups is 1. The van der Waals surface area contributed by atoms with Crippen LogP contribution in [0.1, 0.15) is 13.8 Å². The van der Waals surface area contributed by atoms with Crippen molar-refractivity contribution in [3.63, 3.8) is 0 Å². The summed E-state index contributed by atoms with van der Waals surface area (Å²) < 4.78 is 13.0. The zero-order valence-electron chi connectivity index (χ0n) is 15.4. The number of methoxy groups -OCH3 is 1. The number of nitrogens with zero attached hydrogens (tertiary/aromatic N) is 1. The Bertz CT molecular complexity index is 900. The smallest absolute Gasteiger partial charge is 0.228 e. The first kappa shape index (κ1) is 22.3. The molecule has 1 heterocycles. The van der Waals surface area contributed by atoms with Crippen molar-refractivity contribution in [1.82, 2.24) is 10.3 Å². The molecule has 2 unspecified atom stereocenters. The topological polar surface area (TPSA) is 60.5 Å². The number of amides is 1. The van der Waals surface area contributed by atoms with E-state index in [0.29, 0.717) is 5.88 Å². The quantitative estimate of drug-likeness (QED) is 0.325. The monoisotopic (exact) mass is 562 g/mol. The number of fused-ring (bicyclic) bond motifs is 1. The molecule has 0 bridgehead atoms. The van der Waals surface area contributed by atoms with Crippen LogP contribution in [0.15, 0.2) is 28.7 Å². The van der Waals surface area contributed by atoms with Crippen molar-refractivity contribution in [1.29, 1.82) is 0 Å². The predicted molar refractivity (Wildman–Crippen MR) is 122 cm³/mol. The summed E-state index contributed by atoms with van der Waals surface area (Å²) in [6.07, 6.45) is 1.91. The van der Waals surface area contributed by atoms with Crippen molar-refractivity contribution in [3.8, 4) is 17.7 Å². The lowest BCUT2D eigenvalue weighted by atomic mass is 10.0. The molecule has 0 spiro atoms. The number of benzene rings is 1. The van der Waals surface area contributed by atoms with Gasteiger partial charge in [0.1, 0.15) is 12.1 Å². The van der Waals surface area contributed by atoms with Gasteiger partial charge >= 0.3 is 0 Å². The van der Waals surface area contributed by atoms with E-state index >= 15 is 0 Å². The maximum Gasteiger partial charge on any atom is 0.228 e. The Labute approximate surface area is 185 Å².